The third kappa shape index (κ3) is 1.85. The van der Waals surface area contributed by atoms with Crippen LogP contribution in [0.25, 0.3) is 0 Å². The average molecular weight is 281 g/mol. The summed E-state index contributed by atoms with van der Waals surface area (Å²) < 4.78 is 28.5. The Morgan fingerprint density at radius 3 is 2.45 bits per heavy atom. The zero-order chi connectivity index (χ0) is 14.4. The predicted molar refractivity (Wildman–Crippen MR) is 69.0 cm³/mol. The van der Waals surface area contributed by atoms with Gasteiger partial charge < -0.3 is 15.1 Å². The van der Waals surface area contributed by atoms with Gasteiger partial charge in [0.25, 0.3) is 11.7 Å². The van der Waals surface area contributed by atoms with Crippen LogP contribution in [0.2, 0.25) is 0 Å². The number of piperazine rings is 1. The Balaban J connectivity index is 2.03. The highest BCUT2D eigenvalue weighted by molar-refractivity contribution is 6.51. The van der Waals surface area contributed by atoms with Crippen LogP contribution in [0.5, 0.6) is 0 Å². The van der Waals surface area contributed by atoms with E-state index in [1.54, 1.807) is 4.90 Å². The molecule has 0 radical (unpaired) electrons. The summed E-state index contributed by atoms with van der Waals surface area (Å²) in [4.78, 5) is 26.4. The molecule has 0 atom stereocenters. The number of carbonyl (C=O) groups excluding carboxylic acids is 2. The zero-order valence-corrected chi connectivity index (χ0v) is 10.9. The lowest BCUT2D eigenvalue weighted by Gasteiger charge is -2.34. The van der Waals surface area contributed by atoms with Gasteiger partial charge in [-0.15, -0.1) is 0 Å². The minimum atomic E-state index is -0.922. The molecule has 5 nitrogen and oxygen atoms in total. The minimum Gasteiger partial charge on any atom is -0.364 e. The Hall–Kier alpha value is -2.02. The van der Waals surface area contributed by atoms with Crippen molar-refractivity contribution in [2.45, 2.75) is 0 Å². The molecular weight excluding hydrogens is 268 g/mol. The zero-order valence-electron chi connectivity index (χ0n) is 10.9. The molecular formula is C13H13F2N3O2. The molecule has 2 heterocycles. The maximum absolute atomic E-state index is 14.4. The number of carbonyl (C=O) groups is 2. The fourth-order valence-electron chi connectivity index (χ4n) is 2.52. The molecule has 0 unspecified atom stereocenters. The standard InChI is InChI=1S/C13H13F2N3O2/c1-17-2-4-18(5-3-17)11-8(14)6-7-10(9(11)15)16-13(20)12(7)19/h6H,2-5H2,1H3,(H,16,19,20). The molecule has 2 aliphatic heterocycles. The van der Waals surface area contributed by atoms with E-state index < -0.39 is 23.3 Å². The van der Waals surface area contributed by atoms with Crippen molar-refractivity contribution in [3.8, 4) is 0 Å². The number of halogens is 2. The van der Waals surface area contributed by atoms with Crippen LogP contribution >= 0.6 is 0 Å². The molecule has 0 bridgehead atoms. The van der Waals surface area contributed by atoms with Gasteiger partial charge in [-0.2, -0.15) is 0 Å². The third-order valence-electron chi connectivity index (χ3n) is 3.70. The van der Waals surface area contributed by atoms with E-state index in [9.17, 15) is 18.4 Å². The first kappa shape index (κ1) is 13.0. The van der Waals surface area contributed by atoms with Gasteiger partial charge in [0, 0.05) is 26.2 Å². The molecule has 20 heavy (non-hydrogen) atoms. The Labute approximate surface area is 114 Å². The number of anilines is 2. The molecule has 106 valence electrons. The molecule has 0 aromatic heterocycles. The number of likely N-dealkylation sites (N-methyl/N-ethyl adjacent to an activating group) is 1. The summed E-state index contributed by atoms with van der Waals surface area (Å²) in [5.74, 6) is -3.50. The van der Waals surface area contributed by atoms with E-state index in [-0.39, 0.29) is 16.9 Å². The van der Waals surface area contributed by atoms with Crippen molar-refractivity contribution in [2.24, 2.45) is 0 Å². The van der Waals surface area contributed by atoms with Gasteiger partial charge in [-0.3, -0.25) is 9.59 Å². The summed E-state index contributed by atoms with van der Waals surface area (Å²) in [7, 11) is 1.94. The second-order valence-corrected chi connectivity index (χ2v) is 5.02. The monoisotopic (exact) mass is 281 g/mol. The van der Waals surface area contributed by atoms with Crippen LogP contribution in [0, 0.1) is 11.6 Å². The van der Waals surface area contributed by atoms with Crippen molar-refractivity contribution < 1.29 is 18.4 Å². The highest BCUT2D eigenvalue weighted by atomic mass is 19.1. The first-order chi connectivity index (χ1) is 9.49. The first-order valence-electron chi connectivity index (χ1n) is 6.30. The highest BCUT2D eigenvalue weighted by Crippen LogP contribution is 2.35. The number of hydrogen-bond acceptors (Lipinski definition) is 4. The molecule has 2 aliphatic rings. The number of Topliss-reactive ketones (excluding diaryl/α,β-unsaturated/α-hetero) is 1. The number of nitrogens with one attached hydrogen (secondary N) is 1. The lowest BCUT2D eigenvalue weighted by Crippen LogP contribution is -2.45. The lowest BCUT2D eigenvalue weighted by atomic mass is 10.1. The van der Waals surface area contributed by atoms with E-state index >= 15 is 0 Å². The smallest absolute Gasteiger partial charge is 0.296 e. The van der Waals surface area contributed by atoms with Crippen LogP contribution in [-0.2, 0) is 4.79 Å². The average Bonchev–Trinajstić information content (AvgIpc) is 2.69. The highest BCUT2D eigenvalue weighted by Gasteiger charge is 2.35. The van der Waals surface area contributed by atoms with Crippen molar-refractivity contribution in [2.75, 3.05) is 43.4 Å². The Morgan fingerprint density at radius 1 is 1.15 bits per heavy atom. The van der Waals surface area contributed by atoms with Gasteiger partial charge in [0.05, 0.1) is 11.3 Å². The third-order valence-corrected chi connectivity index (χ3v) is 3.70. The summed E-state index contributed by atoms with van der Waals surface area (Å²) >= 11 is 0. The van der Waals surface area contributed by atoms with E-state index in [1.807, 2.05) is 7.05 Å². The number of hydrogen-bond donors (Lipinski definition) is 1. The van der Waals surface area contributed by atoms with Gasteiger partial charge in [-0.25, -0.2) is 8.78 Å². The molecule has 1 saturated heterocycles. The van der Waals surface area contributed by atoms with E-state index in [4.69, 9.17) is 0 Å². The van der Waals surface area contributed by atoms with Gasteiger partial charge >= 0.3 is 0 Å². The van der Waals surface area contributed by atoms with Gasteiger partial charge in [-0.05, 0) is 13.1 Å². The Kier molecular flexibility index (Phi) is 2.93. The van der Waals surface area contributed by atoms with Crippen LogP contribution in [0.15, 0.2) is 6.07 Å². The summed E-state index contributed by atoms with van der Waals surface area (Å²) in [5, 5.41) is 2.16. The van der Waals surface area contributed by atoms with Crippen LogP contribution in [0.4, 0.5) is 20.2 Å². The number of amides is 1. The second kappa shape index (κ2) is 4.52. The topological polar surface area (TPSA) is 52.6 Å². The Morgan fingerprint density at radius 2 is 1.80 bits per heavy atom. The van der Waals surface area contributed by atoms with Crippen LogP contribution in [0.1, 0.15) is 10.4 Å². The SMILES string of the molecule is CN1CCN(c2c(F)cc3c(c2F)NC(=O)C3=O)CC1. The molecule has 7 heteroatoms. The fourth-order valence-corrected chi connectivity index (χ4v) is 2.52. The molecule has 1 fully saturated rings. The van der Waals surface area contributed by atoms with E-state index in [2.05, 4.69) is 10.2 Å². The number of rotatable bonds is 1. The van der Waals surface area contributed by atoms with Gasteiger partial charge in [0.2, 0.25) is 0 Å². The molecule has 0 aliphatic carbocycles. The molecule has 1 N–H and O–H groups in total. The number of ketones is 1. The second-order valence-electron chi connectivity index (χ2n) is 5.02. The lowest BCUT2D eigenvalue weighted by molar-refractivity contribution is -0.112. The summed E-state index contributed by atoms with van der Waals surface area (Å²) in [6.45, 7) is 2.37. The van der Waals surface area contributed by atoms with Gasteiger partial charge in [0.1, 0.15) is 11.5 Å². The largest absolute Gasteiger partial charge is 0.364 e. The van der Waals surface area contributed by atoms with Crippen molar-refractivity contribution in [3.63, 3.8) is 0 Å². The van der Waals surface area contributed by atoms with Gasteiger partial charge in [0.15, 0.2) is 5.82 Å². The first-order valence-corrected chi connectivity index (χ1v) is 6.30. The molecule has 1 amide bonds. The van der Waals surface area contributed by atoms with Crippen LogP contribution < -0.4 is 10.2 Å². The number of fused-ring (bicyclic) bond motifs is 1. The van der Waals surface area contributed by atoms with E-state index in [0.29, 0.717) is 26.2 Å². The quantitative estimate of drug-likeness (QED) is 0.775. The number of nitrogens with zero attached hydrogens (tertiary/aromatic N) is 2. The minimum absolute atomic E-state index is 0.174. The Bertz CT molecular complexity index is 610. The van der Waals surface area contributed by atoms with Gasteiger partial charge in [-0.1, -0.05) is 0 Å². The normalized spacial score (nSPS) is 19.2. The van der Waals surface area contributed by atoms with Crippen molar-refractivity contribution in [3.05, 3.63) is 23.3 Å². The van der Waals surface area contributed by atoms with Crippen molar-refractivity contribution in [1.29, 1.82) is 0 Å². The summed E-state index contributed by atoms with van der Waals surface area (Å²) in [6.07, 6.45) is 0. The van der Waals surface area contributed by atoms with Crippen molar-refractivity contribution in [1.82, 2.24) is 4.90 Å². The van der Waals surface area contributed by atoms with Crippen molar-refractivity contribution >= 4 is 23.1 Å². The number of benzene rings is 1. The van der Waals surface area contributed by atoms with E-state index in [0.717, 1.165) is 6.07 Å². The molecule has 0 saturated carbocycles. The maximum Gasteiger partial charge on any atom is 0.296 e. The summed E-state index contributed by atoms with van der Waals surface area (Å²) in [6, 6.07) is 0.937. The fraction of sp³-hybridized carbons (Fsp3) is 0.385. The molecule has 3 rings (SSSR count). The molecule has 1 aromatic rings. The maximum atomic E-state index is 14.4. The molecule has 0 spiro atoms. The molecule has 1 aromatic carbocycles. The summed E-state index contributed by atoms with van der Waals surface area (Å²) in [5.41, 5.74) is -0.620. The van der Waals surface area contributed by atoms with E-state index in [1.165, 1.54) is 0 Å². The van der Waals surface area contributed by atoms with Crippen LogP contribution in [-0.4, -0.2) is 49.8 Å². The van der Waals surface area contributed by atoms with Crippen LogP contribution in [0.3, 0.4) is 0 Å². The predicted octanol–water partition coefficient (Wildman–Crippen LogP) is 0.851.